The highest BCUT2D eigenvalue weighted by Gasteiger charge is 2.34. The molecule has 1 fully saturated rings. The quantitative estimate of drug-likeness (QED) is 0.853. The van der Waals surface area contributed by atoms with Gasteiger partial charge in [-0.05, 0) is 31.7 Å². The van der Waals surface area contributed by atoms with Gasteiger partial charge in [0.1, 0.15) is 5.69 Å². The lowest BCUT2D eigenvalue weighted by atomic mass is 9.91. The molecule has 0 bridgehead atoms. The minimum Gasteiger partial charge on any atom is -0.396 e. The van der Waals surface area contributed by atoms with Crippen molar-refractivity contribution in [2.45, 2.75) is 38.9 Å². The van der Waals surface area contributed by atoms with Crippen molar-refractivity contribution in [1.82, 2.24) is 4.98 Å². The monoisotopic (exact) mass is 273 g/mol. The van der Waals surface area contributed by atoms with Gasteiger partial charge in [-0.3, -0.25) is 0 Å². The zero-order chi connectivity index (χ0) is 14.2. The van der Waals surface area contributed by atoms with Crippen molar-refractivity contribution >= 4 is 11.4 Å². The number of alkyl halides is 3. The molecule has 2 N–H and O–H groups in total. The Kier molecular flexibility index (Phi) is 3.60. The number of nitrogen functional groups attached to an aromatic ring is 1. The fourth-order valence-electron chi connectivity index (χ4n) is 2.53. The van der Waals surface area contributed by atoms with Crippen LogP contribution >= 0.6 is 0 Å². The van der Waals surface area contributed by atoms with Crippen molar-refractivity contribution in [1.29, 1.82) is 0 Å². The Morgan fingerprint density at radius 2 is 2.05 bits per heavy atom. The fraction of sp³-hybridized carbons (Fsp3) is 0.615. The number of hydrogen-bond acceptors (Lipinski definition) is 3. The van der Waals surface area contributed by atoms with Crippen LogP contribution in [-0.2, 0) is 6.18 Å². The van der Waals surface area contributed by atoms with Crippen LogP contribution in [0.2, 0.25) is 0 Å². The topological polar surface area (TPSA) is 42.2 Å². The van der Waals surface area contributed by atoms with E-state index in [-0.39, 0.29) is 6.04 Å². The van der Waals surface area contributed by atoms with Crippen LogP contribution in [0, 0.1) is 5.92 Å². The van der Waals surface area contributed by atoms with Crippen LogP contribution in [0.25, 0.3) is 0 Å². The summed E-state index contributed by atoms with van der Waals surface area (Å²) in [5.41, 5.74) is 5.66. The van der Waals surface area contributed by atoms with Gasteiger partial charge in [0.25, 0.3) is 0 Å². The Morgan fingerprint density at radius 3 is 2.68 bits per heavy atom. The van der Waals surface area contributed by atoms with Crippen LogP contribution in [0.3, 0.4) is 0 Å². The summed E-state index contributed by atoms with van der Waals surface area (Å²) in [5, 5.41) is 0. The maximum absolute atomic E-state index is 12.7. The molecule has 0 spiro atoms. The molecule has 1 aromatic heterocycles. The van der Waals surface area contributed by atoms with Gasteiger partial charge >= 0.3 is 6.18 Å². The number of nitrogens with two attached hydrogens (primary N) is 1. The van der Waals surface area contributed by atoms with Gasteiger partial charge in [-0.1, -0.05) is 6.92 Å². The van der Waals surface area contributed by atoms with Crippen LogP contribution in [-0.4, -0.2) is 17.6 Å². The van der Waals surface area contributed by atoms with Crippen LogP contribution in [0.1, 0.15) is 32.4 Å². The minimum atomic E-state index is -4.44. The van der Waals surface area contributed by atoms with E-state index >= 15 is 0 Å². The maximum Gasteiger partial charge on any atom is 0.433 e. The average Bonchev–Trinajstić information content (AvgIpc) is 2.32. The summed E-state index contributed by atoms with van der Waals surface area (Å²) in [6.45, 7) is 4.87. The third kappa shape index (κ3) is 2.77. The zero-order valence-electron chi connectivity index (χ0n) is 11.0. The predicted molar refractivity (Wildman–Crippen MR) is 68.9 cm³/mol. The van der Waals surface area contributed by atoms with Crippen molar-refractivity contribution in [2.24, 2.45) is 5.92 Å². The lowest BCUT2D eigenvalue weighted by Crippen LogP contribution is -2.43. The third-order valence-electron chi connectivity index (χ3n) is 3.89. The first kappa shape index (κ1) is 14.0. The molecule has 2 heterocycles. The first-order valence-electron chi connectivity index (χ1n) is 6.40. The first-order chi connectivity index (χ1) is 8.80. The van der Waals surface area contributed by atoms with E-state index < -0.39 is 11.9 Å². The molecular formula is C13H18F3N3. The van der Waals surface area contributed by atoms with Crippen LogP contribution in [0.15, 0.2) is 12.3 Å². The lowest BCUT2D eigenvalue weighted by molar-refractivity contribution is -0.141. The van der Waals surface area contributed by atoms with Crippen molar-refractivity contribution < 1.29 is 13.2 Å². The van der Waals surface area contributed by atoms with Gasteiger partial charge in [0.15, 0.2) is 0 Å². The van der Waals surface area contributed by atoms with E-state index in [1.807, 2.05) is 11.8 Å². The zero-order valence-corrected chi connectivity index (χ0v) is 11.0. The molecule has 2 rings (SSSR count). The molecule has 1 aliphatic heterocycles. The van der Waals surface area contributed by atoms with Gasteiger partial charge in [-0.25, -0.2) is 4.98 Å². The van der Waals surface area contributed by atoms with Gasteiger partial charge < -0.3 is 10.6 Å². The van der Waals surface area contributed by atoms with E-state index in [9.17, 15) is 13.2 Å². The molecule has 0 saturated carbocycles. The van der Waals surface area contributed by atoms with E-state index in [4.69, 9.17) is 5.73 Å². The van der Waals surface area contributed by atoms with E-state index in [1.54, 1.807) is 0 Å². The Hall–Kier alpha value is -1.46. The highest BCUT2D eigenvalue weighted by molar-refractivity contribution is 5.67. The lowest BCUT2D eigenvalue weighted by Gasteiger charge is -2.40. The number of aromatic nitrogens is 1. The standard InChI is InChI=1S/C13H18F3N3/c1-8-4-3-5-19(9(8)2)11-6-12(13(14,15)16)18-7-10(11)17/h6-9H,3-5,17H2,1-2H3. The van der Waals surface area contributed by atoms with Crippen molar-refractivity contribution in [2.75, 3.05) is 17.2 Å². The minimum absolute atomic E-state index is 0.180. The molecule has 2 unspecified atom stereocenters. The number of piperidine rings is 1. The van der Waals surface area contributed by atoms with Crippen molar-refractivity contribution in [3.63, 3.8) is 0 Å². The summed E-state index contributed by atoms with van der Waals surface area (Å²) < 4.78 is 38.2. The molecule has 0 amide bonds. The molecule has 0 radical (unpaired) electrons. The van der Waals surface area contributed by atoms with Crippen LogP contribution in [0.4, 0.5) is 24.5 Å². The SMILES string of the molecule is CC1CCCN(c2cc(C(F)(F)F)ncc2N)C1C. The van der Waals surface area contributed by atoms with E-state index in [2.05, 4.69) is 11.9 Å². The van der Waals surface area contributed by atoms with Gasteiger partial charge in [0, 0.05) is 12.6 Å². The number of pyridine rings is 1. The van der Waals surface area contributed by atoms with Crippen molar-refractivity contribution in [3.05, 3.63) is 18.0 Å². The predicted octanol–water partition coefficient (Wildman–Crippen LogP) is 3.31. The summed E-state index contributed by atoms with van der Waals surface area (Å²) >= 11 is 0. The number of halogens is 3. The summed E-state index contributed by atoms with van der Waals surface area (Å²) in [6.07, 6.45) is -1.28. The number of hydrogen-bond donors (Lipinski definition) is 1. The normalized spacial score (nSPS) is 24.6. The molecule has 0 aliphatic carbocycles. The van der Waals surface area contributed by atoms with Gasteiger partial charge in [-0.15, -0.1) is 0 Å². The maximum atomic E-state index is 12.7. The molecule has 1 saturated heterocycles. The van der Waals surface area contributed by atoms with Gasteiger partial charge in [0.2, 0.25) is 0 Å². The highest BCUT2D eigenvalue weighted by Crippen LogP contribution is 2.36. The summed E-state index contributed by atoms with van der Waals surface area (Å²) in [7, 11) is 0. The molecule has 2 atom stereocenters. The van der Waals surface area contributed by atoms with E-state index in [0.29, 0.717) is 17.3 Å². The van der Waals surface area contributed by atoms with Gasteiger partial charge in [0.05, 0.1) is 17.6 Å². The molecule has 1 aliphatic rings. The van der Waals surface area contributed by atoms with Crippen LogP contribution in [0.5, 0.6) is 0 Å². The first-order valence-corrected chi connectivity index (χ1v) is 6.40. The second-order valence-corrected chi connectivity index (χ2v) is 5.18. The molecular weight excluding hydrogens is 255 g/mol. The second-order valence-electron chi connectivity index (χ2n) is 5.18. The molecule has 1 aromatic rings. The molecule has 3 nitrogen and oxygen atoms in total. The smallest absolute Gasteiger partial charge is 0.396 e. The second kappa shape index (κ2) is 4.90. The van der Waals surface area contributed by atoms with E-state index in [0.717, 1.165) is 31.6 Å². The molecule has 19 heavy (non-hydrogen) atoms. The summed E-state index contributed by atoms with van der Waals surface area (Å²) in [4.78, 5) is 5.33. The van der Waals surface area contributed by atoms with Crippen molar-refractivity contribution in [3.8, 4) is 0 Å². The Bertz CT molecular complexity index is 459. The molecule has 0 aromatic carbocycles. The van der Waals surface area contributed by atoms with E-state index in [1.165, 1.54) is 0 Å². The Labute approximate surface area is 110 Å². The summed E-state index contributed by atoms with van der Waals surface area (Å²) in [6, 6.07) is 1.24. The molecule has 6 heteroatoms. The summed E-state index contributed by atoms with van der Waals surface area (Å²) in [5.74, 6) is 0.440. The number of rotatable bonds is 1. The number of anilines is 2. The Morgan fingerprint density at radius 1 is 1.37 bits per heavy atom. The highest BCUT2D eigenvalue weighted by atomic mass is 19.4. The number of nitrogens with zero attached hydrogens (tertiary/aromatic N) is 2. The fourth-order valence-corrected chi connectivity index (χ4v) is 2.53. The van der Waals surface area contributed by atoms with Crippen LogP contribution < -0.4 is 10.6 Å². The third-order valence-corrected chi connectivity index (χ3v) is 3.89. The van der Waals surface area contributed by atoms with Gasteiger partial charge in [-0.2, -0.15) is 13.2 Å². The Balaban J connectivity index is 2.38. The molecule has 106 valence electrons. The average molecular weight is 273 g/mol. The largest absolute Gasteiger partial charge is 0.433 e.